The van der Waals surface area contributed by atoms with E-state index in [9.17, 15) is 4.39 Å². The molecule has 2 N–H and O–H groups in total. The largest absolute Gasteiger partial charge is 0.379 e. The van der Waals surface area contributed by atoms with Crippen LogP contribution in [0.1, 0.15) is 26.2 Å². The van der Waals surface area contributed by atoms with Crippen LogP contribution in [0, 0.1) is 0 Å². The van der Waals surface area contributed by atoms with Crippen molar-refractivity contribution in [2.75, 3.05) is 46.1 Å². The van der Waals surface area contributed by atoms with Crippen LogP contribution in [0.3, 0.4) is 0 Å². The van der Waals surface area contributed by atoms with E-state index in [-0.39, 0.29) is 12.8 Å². The number of aliphatic imine (C=N–C) groups is 1. The third kappa shape index (κ3) is 8.00. The first-order chi connectivity index (χ1) is 9.36. The molecule has 0 aromatic carbocycles. The Morgan fingerprint density at radius 1 is 1.42 bits per heavy atom. The second kappa shape index (κ2) is 11.0. The van der Waals surface area contributed by atoms with Crippen LogP contribution < -0.4 is 10.6 Å². The average Bonchev–Trinajstić information content (AvgIpc) is 2.91. The molecule has 0 amide bonds. The molecular formula is C13H26FN3O2. The summed E-state index contributed by atoms with van der Waals surface area (Å²) in [6.45, 7) is 6.07. The van der Waals surface area contributed by atoms with Crippen LogP contribution in [0.25, 0.3) is 0 Å². The van der Waals surface area contributed by atoms with Gasteiger partial charge in [0.15, 0.2) is 5.96 Å². The van der Waals surface area contributed by atoms with Crippen molar-refractivity contribution in [1.29, 1.82) is 0 Å². The van der Waals surface area contributed by atoms with Crippen LogP contribution in [-0.4, -0.2) is 58.2 Å². The van der Waals surface area contributed by atoms with Gasteiger partial charge < -0.3 is 20.1 Å². The summed E-state index contributed by atoms with van der Waals surface area (Å²) >= 11 is 0. The third-order valence-electron chi connectivity index (χ3n) is 2.76. The molecule has 1 rings (SSSR count). The summed E-state index contributed by atoms with van der Waals surface area (Å²) in [5, 5.41) is 6.34. The van der Waals surface area contributed by atoms with Crippen molar-refractivity contribution in [2.45, 2.75) is 32.3 Å². The summed E-state index contributed by atoms with van der Waals surface area (Å²) in [7, 11) is 0. The highest BCUT2D eigenvalue weighted by Crippen LogP contribution is 2.07. The van der Waals surface area contributed by atoms with Crippen molar-refractivity contribution in [1.82, 2.24) is 10.6 Å². The first kappa shape index (κ1) is 16.2. The standard InChI is InChI=1S/C13H26FN3O2/c1-2-15-13(16-7-3-6-14)17-8-4-9-19-12-5-10-18-11-12/h12H,2-11H2,1H3,(H2,15,16,17). The van der Waals surface area contributed by atoms with Gasteiger partial charge in [0.05, 0.1) is 19.4 Å². The van der Waals surface area contributed by atoms with Gasteiger partial charge in [-0.1, -0.05) is 0 Å². The molecule has 1 aliphatic rings. The van der Waals surface area contributed by atoms with E-state index >= 15 is 0 Å². The quantitative estimate of drug-likeness (QED) is 0.376. The van der Waals surface area contributed by atoms with Crippen LogP contribution in [0.4, 0.5) is 4.39 Å². The average molecular weight is 275 g/mol. The Balaban J connectivity index is 2.04. The molecule has 5 nitrogen and oxygen atoms in total. The Hall–Kier alpha value is -0.880. The molecule has 19 heavy (non-hydrogen) atoms. The summed E-state index contributed by atoms with van der Waals surface area (Å²) < 4.78 is 22.9. The Kier molecular flexibility index (Phi) is 9.36. The van der Waals surface area contributed by atoms with Crippen molar-refractivity contribution in [3.05, 3.63) is 0 Å². The fraction of sp³-hybridized carbons (Fsp3) is 0.923. The van der Waals surface area contributed by atoms with Gasteiger partial charge in [-0.25, -0.2) is 0 Å². The number of alkyl halides is 1. The van der Waals surface area contributed by atoms with Gasteiger partial charge in [-0.3, -0.25) is 9.38 Å². The maximum Gasteiger partial charge on any atom is 0.191 e. The van der Waals surface area contributed by atoms with E-state index in [1.54, 1.807) is 0 Å². The van der Waals surface area contributed by atoms with Gasteiger partial charge in [0.1, 0.15) is 0 Å². The summed E-state index contributed by atoms with van der Waals surface area (Å²) in [4.78, 5) is 4.27. The highest BCUT2D eigenvalue weighted by atomic mass is 19.1. The lowest BCUT2D eigenvalue weighted by Gasteiger charge is -2.12. The maximum atomic E-state index is 12.0. The molecule has 1 unspecified atom stereocenters. The van der Waals surface area contributed by atoms with E-state index in [2.05, 4.69) is 15.6 Å². The van der Waals surface area contributed by atoms with E-state index in [4.69, 9.17) is 9.47 Å². The van der Waals surface area contributed by atoms with Crippen molar-refractivity contribution in [2.24, 2.45) is 4.99 Å². The molecule has 0 radical (unpaired) electrons. The molecule has 1 atom stereocenters. The van der Waals surface area contributed by atoms with Crippen molar-refractivity contribution < 1.29 is 13.9 Å². The third-order valence-corrected chi connectivity index (χ3v) is 2.76. The predicted molar refractivity (Wildman–Crippen MR) is 74.4 cm³/mol. The monoisotopic (exact) mass is 275 g/mol. The molecule has 112 valence electrons. The Morgan fingerprint density at radius 2 is 2.32 bits per heavy atom. The number of nitrogens with zero attached hydrogens (tertiary/aromatic N) is 1. The summed E-state index contributed by atoms with van der Waals surface area (Å²) in [6, 6.07) is 0. The minimum Gasteiger partial charge on any atom is -0.379 e. The van der Waals surface area contributed by atoms with Gasteiger partial charge in [0, 0.05) is 32.8 Å². The number of guanidine groups is 1. The Bertz CT molecular complexity index is 246. The molecule has 1 fully saturated rings. The van der Waals surface area contributed by atoms with Gasteiger partial charge in [-0.15, -0.1) is 0 Å². The zero-order valence-electron chi connectivity index (χ0n) is 11.8. The van der Waals surface area contributed by atoms with Crippen LogP contribution in [0.15, 0.2) is 4.99 Å². The fourth-order valence-electron chi connectivity index (χ4n) is 1.77. The zero-order chi connectivity index (χ0) is 13.8. The predicted octanol–water partition coefficient (Wildman–Crippen LogP) is 1.10. The molecule has 0 bridgehead atoms. The maximum absolute atomic E-state index is 12.0. The van der Waals surface area contributed by atoms with Crippen LogP contribution in [0.5, 0.6) is 0 Å². The molecule has 1 saturated heterocycles. The minimum absolute atomic E-state index is 0.270. The minimum atomic E-state index is -0.319. The normalized spacial score (nSPS) is 19.7. The van der Waals surface area contributed by atoms with E-state index in [1.807, 2.05) is 6.92 Å². The topological polar surface area (TPSA) is 54.9 Å². The van der Waals surface area contributed by atoms with E-state index in [0.717, 1.165) is 51.7 Å². The van der Waals surface area contributed by atoms with Crippen LogP contribution in [-0.2, 0) is 9.47 Å². The Morgan fingerprint density at radius 3 is 3.00 bits per heavy atom. The van der Waals surface area contributed by atoms with Crippen molar-refractivity contribution in [3.63, 3.8) is 0 Å². The second-order valence-electron chi connectivity index (χ2n) is 4.44. The van der Waals surface area contributed by atoms with Gasteiger partial charge in [-0.2, -0.15) is 0 Å². The number of nitrogens with one attached hydrogen (secondary N) is 2. The first-order valence-corrected chi connectivity index (χ1v) is 7.14. The number of halogens is 1. The summed E-state index contributed by atoms with van der Waals surface area (Å²) in [5.74, 6) is 0.750. The number of rotatable bonds is 9. The molecule has 0 spiro atoms. The van der Waals surface area contributed by atoms with Gasteiger partial charge in [0.2, 0.25) is 0 Å². The van der Waals surface area contributed by atoms with Crippen LogP contribution in [0.2, 0.25) is 0 Å². The lowest BCUT2D eigenvalue weighted by molar-refractivity contribution is 0.0420. The highest BCUT2D eigenvalue weighted by Gasteiger charge is 2.15. The molecule has 0 aromatic heterocycles. The molecule has 0 aromatic rings. The van der Waals surface area contributed by atoms with Crippen molar-refractivity contribution >= 4 is 5.96 Å². The number of ether oxygens (including phenoxy) is 2. The zero-order valence-corrected chi connectivity index (χ0v) is 11.8. The van der Waals surface area contributed by atoms with E-state index < -0.39 is 0 Å². The summed E-state index contributed by atoms with van der Waals surface area (Å²) in [5.41, 5.74) is 0. The highest BCUT2D eigenvalue weighted by molar-refractivity contribution is 5.79. The first-order valence-electron chi connectivity index (χ1n) is 7.14. The smallest absolute Gasteiger partial charge is 0.191 e. The lowest BCUT2D eigenvalue weighted by Crippen LogP contribution is -2.38. The van der Waals surface area contributed by atoms with Gasteiger partial charge >= 0.3 is 0 Å². The Labute approximate surface area is 115 Å². The molecule has 1 aliphatic heterocycles. The van der Waals surface area contributed by atoms with Crippen molar-refractivity contribution in [3.8, 4) is 0 Å². The fourth-order valence-corrected chi connectivity index (χ4v) is 1.77. The van der Waals surface area contributed by atoms with Gasteiger partial charge in [0.25, 0.3) is 0 Å². The van der Waals surface area contributed by atoms with E-state index in [0.29, 0.717) is 13.0 Å². The second-order valence-corrected chi connectivity index (χ2v) is 4.44. The molecule has 6 heteroatoms. The summed E-state index contributed by atoms with van der Waals surface area (Å²) in [6.07, 6.45) is 2.66. The lowest BCUT2D eigenvalue weighted by atomic mass is 10.3. The SMILES string of the molecule is CCNC(=NCCCF)NCCCOC1CCOC1. The molecule has 0 aliphatic carbocycles. The molecule has 0 saturated carbocycles. The van der Waals surface area contributed by atoms with E-state index in [1.165, 1.54) is 0 Å². The number of hydrogen-bond donors (Lipinski definition) is 2. The molecule has 1 heterocycles. The molecular weight excluding hydrogens is 249 g/mol. The van der Waals surface area contributed by atoms with Gasteiger partial charge in [-0.05, 0) is 26.2 Å². The van der Waals surface area contributed by atoms with Crippen LogP contribution >= 0.6 is 0 Å². The number of hydrogen-bond acceptors (Lipinski definition) is 3.